The molecule has 1 aromatic rings. The topological polar surface area (TPSA) is 46.6 Å². The molecule has 0 unspecified atom stereocenters. The van der Waals surface area contributed by atoms with Gasteiger partial charge >= 0.3 is 5.97 Å². The van der Waals surface area contributed by atoms with Gasteiger partial charge in [-0.15, -0.1) is 0 Å². The van der Waals surface area contributed by atoms with Crippen molar-refractivity contribution in [2.45, 2.75) is 6.92 Å². The monoisotopic (exact) mass is 325 g/mol. The van der Waals surface area contributed by atoms with Crippen molar-refractivity contribution in [1.82, 2.24) is 4.90 Å². The van der Waals surface area contributed by atoms with E-state index in [4.69, 9.17) is 17.0 Å². The van der Waals surface area contributed by atoms with Gasteiger partial charge in [0.1, 0.15) is 16.7 Å². The van der Waals surface area contributed by atoms with Crippen molar-refractivity contribution in [2.24, 2.45) is 0 Å². The van der Waals surface area contributed by atoms with Crippen LogP contribution in [0.15, 0.2) is 29.2 Å². The molecule has 0 atom stereocenters. The molecule has 4 nitrogen and oxygen atoms in total. The van der Waals surface area contributed by atoms with Crippen LogP contribution in [0.1, 0.15) is 12.5 Å². The highest BCUT2D eigenvalue weighted by atomic mass is 32.2. The number of halogens is 1. The van der Waals surface area contributed by atoms with Crippen molar-refractivity contribution >= 4 is 46.3 Å². The largest absolute Gasteiger partial charge is 0.465 e. The quantitative estimate of drug-likeness (QED) is 0.484. The SMILES string of the molecule is CCOC(=O)CN1C(=O)C(=Cc2ccccc2F)SC1=S. The van der Waals surface area contributed by atoms with Crippen LogP contribution in [0.5, 0.6) is 0 Å². The van der Waals surface area contributed by atoms with Crippen LogP contribution in [0, 0.1) is 5.82 Å². The summed E-state index contributed by atoms with van der Waals surface area (Å²) in [6.07, 6.45) is 1.43. The van der Waals surface area contributed by atoms with Crippen LogP contribution < -0.4 is 0 Å². The third-order valence-corrected chi connectivity index (χ3v) is 4.04. The summed E-state index contributed by atoms with van der Waals surface area (Å²) in [5.74, 6) is -1.37. The van der Waals surface area contributed by atoms with Gasteiger partial charge < -0.3 is 4.74 Å². The van der Waals surface area contributed by atoms with E-state index >= 15 is 0 Å². The molecule has 1 heterocycles. The number of carbonyl (C=O) groups excluding carboxylic acids is 2. The summed E-state index contributed by atoms with van der Waals surface area (Å²) >= 11 is 6.11. The molecule has 110 valence electrons. The van der Waals surface area contributed by atoms with E-state index in [0.29, 0.717) is 5.56 Å². The molecule has 1 fully saturated rings. The average Bonchev–Trinajstić information content (AvgIpc) is 2.69. The van der Waals surface area contributed by atoms with Crippen molar-refractivity contribution in [3.05, 3.63) is 40.6 Å². The summed E-state index contributed by atoms with van der Waals surface area (Å²) in [6.45, 7) is 1.69. The smallest absolute Gasteiger partial charge is 0.326 e. The average molecular weight is 325 g/mol. The van der Waals surface area contributed by atoms with Gasteiger partial charge in [0.15, 0.2) is 0 Å². The van der Waals surface area contributed by atoms with Crippen LogP contribution in [-0.2, 0) is 14.3 Å². The van der Waals surface area contributed by atoms with E-state index in [1.54, 1.807) is 25.1 Å². The van der Waals surface area contributed by atoms with Gasteiger partial charge in [-0.25, -0.2) is 4.39 Å². The Morgan fingerprint density at radius 3 is 2.86 bits per heavy atom. The molecule has 1 aliphatic heterocycles. The molecule has 1 aromatic carbocycles. The Bertz CT molecular complexity index is 630. The first-order valence-corrected chi connectivity index (χ1v) is 7.41. The normalized spacial score (nSPS) is 16.7. The number of rotatable bonds is 4. The van der Waals surface area contributed by atoms with Gasteiger partial charge in [-0.05, 0) is 19.1 Å². The number of thioether (sulfide) groups is 1. The first kappa shape index (κ1) is 15.7. The van der Waals surface area contributed by atoms with Crippen LogP contribution in [0.2, 0.25) is 0 Å². The minimum absolute atomic E-state index is 0.229. The molecule has 0 N–H and O–H groups in total. The van der Waals surface area contributed by atoms with Gasteiger partial charge in [0.05, 0.1) is 11.5 Å². The van der Waals surface area contributed by atoms with E-state index in [1.807, 2.05) is 0 Å². The maximum atomic E-state index is 13.6. The lowest BCUT2D eigenvalue weighted by Crippen LogP contribution is -2.34. The van der Waals surface area contributed by atoms with Gasteiger partial charge in [0.2, 0.25) is 0 Å². The Labute approximate surface area is 130 Å². The van der Waals surface area contributed by atoms with Crippen molar-refractivity contribution < 1.29 is 18.7 Å². The highest BCUT2D eigenvalue weighted by molar-refractivity contribution is 8.26. The molecular formula is C14H12FNO3S2. The fraction of sp³-hybridized carbons (Fsp3) is 0.214. The second kappa shape index (κ2) is 6.82. The van der Waals surface area contributed by atoms with Crippen molar-refractivity contribution in [3.63, 3.8) is 0 Å². The lowest BCUT2D eigenvalue weighted by Gasteiger charge is -2.12. The zero-order valence-electron chi connectivity index (χ0n) is 11.2. The van der Waals surface area contributed by atoms with Gasteiger partial charge in [-0.3, -0.25) is 14.5 Å². The number of hydrogen-bond acceptors (Lipinski definition) is 5. The van der Waals surface area contributed by atoms with Gasteiger partial charge in [-0.1, -0.05) is 42.2 Å². The van der Waals surface area contributed by atoms with Gasteiger partial charge in [-0.2, -0.15) is 0 Å². The molecule has 0 saturated carbocycles. The third kappa shape index (κ3) is 3.68. The molecule has 0 aromatic heterocycles. The summed E-state index contributed by atoms with van der Waals surface area (Å²) in [6, 6.07) is 6.12. The molecule has 1 amide bonds. The van der Waals surface area contributed by atoms with Crippen molar-refractivity contribution in [2.75, 3.05) is 13.2 Å². The minimum Gasteiger partial charge on any atom is -0.465 e. The Morgan fingerprint density at radius 1 is 1.48 bits per heavy atom. The maximum Gasteiger partial charge on any atom is 0.326 e. The molecule has 2 rings (SSSR count). The summed E-state index contributed by atoms with van der Waals surface area (Å²) < 4.78 is 18.6. The number of esters is 1. The summed E-state index contributed by atoms with van der Waals surface area (Å²) in [4.78, 5) is 25.1. The number of hydrogen-bond donors (Lipinski definition) is 0. The van der Waals surface area contributed by atoms with E-state index in [2.05, 4.69) is 0 Å². The van der Waals surface area contributed by atoms with Crippen LogP contribution >= 0.6 is 24.0 Å². The molecule has 1 saturated heterocycles. The summed E-state index contributed by atoms with van der Waals surface area (Å²) in [5, 5.41) is 0. The van der Waals surface area contributed by atoms with E-state index in [9.17, 15) is 14.0 Å². The zero-order valence-corrected chi connectivity index (χ0v) is 12.8. The first-order chi connectivity index (χ1) is 10.0. The van der Waals surface area contributed by atoms with Crippen LogP contribution in [0.3, 0.4) is 0 Å². The number of ether oxygens (including phenoxy) is 1. The molecule has 0 bridgehead atoms. The predicted molar refractivity (Wildman–Crippen MR) is 82.9 cm³/mol. The van der Waals surface area contributed by atoms with Crippen molar-refractivity contribution in [3.8, 4) is 0 Å². The lowest BCUT2D eigenvalue weighted by molar-refractivity contribution is -0.145. The molecule has 21 heavy (non-hydrogen) atoms. The second-order valence-electron chi connectivity index (χ2n) is 4.09. The van der Waals surface area contributed by atoms with Crippen LogP contribution in [0.4, 0.5) is 4.39 Å². The molecule has 0 radical (unpaired) electrons. The summed E-state index contributed by atoms with van der Waals surface area (Å²) in [5.41, 5.74) is 0.300. The fourth-order valence-corrected chi connectivity index (χ4v) is 2.95. The number of amides is 1. The van der Waals surface area contributed by atoms with Crippen molar-refractivity contribution in [1.29, 1.82) is 0 Å². The standard InChI is InChI=1S/C14H12FNO3S2/c1-2-19-12(17)8-16-13(18)11(21-14(16)20)7-9-5-3-4-6-10(9)15/h3-7H,2,8H2,1H3. The predicted octanol–water partition coefficient (Wildman–Crippen LogP) is 2.59. The second-order valence-corrected chi connectivity index (χ2v) is 5.77. The van der Waals surface area contributed by atoms with E-state index in [1.165, 1.54) is 12.1 Å². The van der Waals surface area contributed by atoms with Gasteiger partial charge in [0, 0.05) is 5.56 Å². The number of benzene rings is 1. The molecule has 7 heteroatoms. The maximum absolute atomic E-state index is 13.6. The first-order valence-electron chi connectivity index (χ1n) is 6.18. The third-order valence-electron chi connectivity index (χ3n) is 2.66. The van der Waals surface area contributed by atoms with Crippen LogP contribution in [0.25, 0.3) is 6.08 Å². The number of thiocarbonyl (C=S) groups is 1. The Morgan fingerprint density at radius 2 is 2.19 bits per heavy atom. The highest BCUT2D eigenvalue weighted by Gasteiger charge is 2.33. The number of carbonyl (C=O) groups is 2. The molecule has 0 spiro atoms. The van der Waals surface area contributed by atoms with E-state index in [0.717, 1.165) is 16.7 Å². The van der Waals surface area contributed by atoms with Gasteiger partial charge in [0.25, 0.3) is 5.91 Å². The Kier molecular flexibility index (Phi) is 5.08. The minimum atomic E-state index is -0.527. The zero-order chi connectivity index (χ0) is 15.4. The molecule has 1 aliphatic rings. The van der Waals surface area contributed by atoms with E-state index < -0.39 is 17.7 Å². The van der Waals surface area contributed by atoms with Crippen LogP contribution in [-0.4, -0.2) is 34.2 Å². The van der Waals surface area contributed by atoms with E-state index in [-0.39, 0.29) is 22.4 Å². The highest BCUT2D eigenvalue weighted by Crippen LogP contribution is 2.32. The Hall–Kier alpha value is -1.73. The fourth-order valence-electron chi connectivity index (χ4n) is 1.71. The molecule has 0 aliphatic carbocycles. The number of nitrogens with zero attached hydrogens (tertiary/aromatic N) is 1. The lowest BCUT2D eigenvalue weighted by atomic mass is 10.2. The summed E-state index contributed by atoms with van der Waals surface area (Å²) in [7, 11) is 0. The Balaban J connectivity index is 2.18. The molecular weight excluding hydrogens is 313 g/mol.